The number of aromatic nitrogens is 3. The second-order valence-corrected chi connectivity index (χ2v) is 4.10. The largest absolute Gasteiger partial charge is 0.347 e. The van der Waals surface area contributed by atoms with E-state index in [4.69, 9.17) is 0 Å². The van der Waals surface area contributed by atoms with E-state index >= 15 is 0 Å². The van der Waals surface area contributed by atoms with E-state index in [9.17, 15) is 9.59 Å². The van der Waals surface area contributed by atoms with Crippen molar-refractivity contribution in [3.8, 4) is 0 Å². The van der Waals surface area contributed by atoms with E-state index in [1.54, 1.807) is 26.1 Å². The predicted octanol–water partition coefficient (Wildman–Crippen LogP) is 0.645. The number of imidazole rings is 1. The molecule has 0 bridgehead atoms. The molecule has 94 valence electrons. The summed E-state index contributed by atoms with van der Waals surface area (Å²) in [4.78, 5) is 33.0. The topological polar surface area (TPSA) is 90.6 Å². The van der Waals surface area contributed by atoms with Crippen LogP contribution in [0, 0.1) is 13.8 Å². The van der Waals surface area contributed by atoms with Gasteiger partial charge in [0.05, 0.1) is 18.6 Å². The van der Waals surface area contributed by atoms with Gasteiger partial charge in [-0.15, -0.1) is 0 Å². The van der Waals surface area contributed by atoms with Gasteiger partial charge in [-0.2, -0.15) is 0 Å². The van der Waals surface area contributed by atoms with Crippen LogP contribution >= 0.6 is 0 Å². The molecular formula is C12H14N4O2. The maximum atomic E-state index is 11.9. The van der Waals surface area contributed by atoms with Gasteiger partial charge >= 0.3 is 0 Å². The lowest BCUT2D eigenvalue weighted by Crippen LogP contribution is -2.30. The molecule has 0 unspecified atom stereocenters. The summed E-state index contributed by atoms with van der Waals surface area (Å²) in [6.45, 7) is 3.83. The number of aryl methyl sites for hydroxylation is 2. The quantitative estimate of drug-likeness (QED) is 0.742. The van der Waals surface area contributed by atoms with Crippen molar-refractivity contribution >= 4 is 5.91 Å². The smallest absolute Gasteiger partial charge is 0.261 e. The summed E-state index contributed by atoms with van der Waals surface area (Å²) >= 11 is 0. The number of carbonyl (C=O) groups excluding carboxylic acids is 1. The number of nitrogens with zero attached hydrogens (tertiary/aromatic N) is 1. The molecule has 0 aliphatic heterocycles. The first-order chi connectivity index (χ1) is 8.58. The number of carbonyl (C=O) groups is 1. The second-order valence-electron chi connectivity index (χ2n) is 4.10. The molecule has 2 aromatic rings. The lowest BCUT2D eigenvalue weighted by molar-refractivity contribution is 0.0948. The van der Waals surface area contributed by atoms with Gasteiger partial charge in [0.1, 0.15) is 5.56 Å². The Labute approximate surface area is 103 Å². The standard InChI is InChI=1S/C12H14N4O2/c1-7-3-8(2)16-12(18)10(7)11(17)14-5-9-4-13-6-15-9/h3-4,6H,5H2,1-2H3,(H,13,15)(H,14,17)(H,16,18). The van der Waals surface area contributed by atoms with Crippen molar-refractivity contribution in [2.45, 2.75) is 20.4 Å². The van der Waals surface area contributed by atoms with Crippen molar-refractivity contribution < 1.29 is 4.79 Å². The van der Waals surface area contributed by atoms with E-state index in [0.717, 1.165) is 11.4 Å². The summed E-state index contributed by atoms with van der Waals surface area (Å²) in [6, 6.07) is 1.77. The van der Waals surface area contributed by atoms with Gasteiger partial charge in [0.15, 0.2) is 0 Å². The Morgan fingerprint density at radius 2 is 2.22 bits per heavy atom. The number of hydrogen-bond donors (Lipinski definition) is 3. The van der Waals surface area contributed by atoms with Crippen molar-refractivity contribution in [2.24, 2.45) is 0 Å². The average Bonchev–Trinajstić information content (AvgIpc) is 2.77. The van der Waals surface area contributed by atoms with E-state index in [-0.39, 0.29) is 17.0 Å². The molecule has 3 N–H and O–H groups in total. The number of H-pyrrole nitrogens is 2. The Morgan fingerprint density at radius 1 is 1.44 bits per heavy atom. The molecular weight excluding hydrogens is 232 g/mol. The summed E-state index contributed by atoms with van der Waals surface area (Å²) in [5.74, 6) is -0.386. The monoisotopic (exact) mass is 246 g/mol. The van der Waals surface area contributed by atoms with Crippen molar-refractivity contribution in [3.63, 3.8) is 0 Å². The first-order valence-electron chi connectivity index (χ1n) is 5.54. The third-order valence-corrected chi connectivity index (χ3v) is 2.59. The molecule has 18 heavy (non-hydrogen) atoms. The molecule has 0 spiro atoms. The van der Waals surface area contributed by atoms with E-state index in [0.29, 0.717) is 12.1 Å². The molecule has 2 heterocycles. The van der Waals surface area contributed by atoms with Crippen LogP contribution in [0.4, 0.5) is 0 Å². The van der Waals surface area contributed by atoms with E-state index < -0.39 is 0 Å². The summed E-state index contributed by atoms with van der Waals surface area (Å²) in [5.41, 5.74) is 1.97. The van der Waals surface area contributed by atoms with Crippen LogP contribution in [0.5, 0.6) is 0 Å². The maximum Gasteiger partial charge on any atom is 0.261 e. The third kappa shape index (κ3) is 2.48. The van der Waals surface area contributed by atoms with E-state index in [1.165, 1.54) is 6.33 Å². The molecule has 6 nitrogen and oxygen atoms in total. The molecule has 0 saturated carbocycles. The second kappa shape index (κ2) is 4.87. The van der Waals surface area contributed by atoms with Crippen molar-refractivity contribution in [1.29, 1.82) is 0 Å². The van der Waals surface area contributed by atoms with Crippen LogP contribution < -0.4 is 10.9 Å². The van der Waals surface area contributed by atoms with Gasteiger partial charge in [0.25, 0.3) is 11.5 Å². The highest BCUT2D eigenvalue weighted by atomic mass is 16.2. The molecule has 0 saturated heterocycles. The van der Waals surface area contributed by atoms with Crippen LogP contribution in [0.2, 0.25) is 0 Å². The highest BCUT2D eigenvalue weighted by Gasteiger charge is 2.13. The normalized spacial score (nSPS) is 10.3. The van der Waals surface area contributed by atoms with Crippen LogP contribution in [0.1, 0.15) is 27.3 Å². The zero-order valence-electron chi connectivity index (χ0n) is 10.2. The minimum absolute atomic E-state index is 0.153. The SMILES string of the molecule is Cc1cc(C)c(C(=O)NCc2cnc[nH]2)c(=O)[nH]1. The van der Waals surface area contributed by atoms with Crippen LogP contribution in [-0.2, 0) is 6.54 Å². The Balaban J connectivity index is 2.17. The Hall–Kier alpha value is -2.37. The lowest BCUT2D eigenvalue weighted by Gasteiger charge is -2.06. The Kier molecular flexibility index (Phi) is 3.27. The zero-order valence-corrected chi connectivity index (χ0v) is 10.2. The summed E-state index contributed by atoms with van der Waals surface area (Å²) in [6.07, 6.45) is 3.15. The average molecular weight is 246 g/mol. The first kappa shape index (κ1) is 12.1. The summed E-state index contributed by atoms with van der Waals surface area (Å²) in [7, 11) is 0. The summed E-state index contributed by atoms with van der Waals surface area (Å²) in [5, 5.41) is 2.67. The van der Waals surface area contributed by atoms with Gasteiger partial charge < -0.3 is 15.3 Å². The minimum Gasteiger partial charge on any atom is -0.347 e. The molecule has 6 heteroatoms. The maximum absolute atomic E-state index is 11.9. The van der Waals surface area contributed by atoms with E-state index in [1.807, 2.05) is 0 Å². The fourth-order valence-corrected chi connectivity index (χ4v) is 1.78. The van der Waals surface area contributed by atoms with Gasteiger partial charge in [0.2, 0.25) is 0 Å². The number of nitrogens with one attached hydrogen (secondary N) is 3. The lowest BCUT2D eigenvalue weighted by atomic mass is 10.1. The van der Waals surface area contributed by atoms with Gasteiger partial charge in [-0.1, -0.05) is 0 Å². The van der Waals surface area contributed by atoms with Crippen molar-refractivity contribution in [3.05, 3.63) is 51.5 Å². The first-order valence-corrected chi connectivity index (χ1v) is 5.54. The van der Waals surface area contributed by atoms with Gasteiger partial charge in [-0.25, -0.2) is 4.98 Å². The highest BCUT2D eigenvalue weighted by Crippen LogP contribution is 2.03. The zero-order chi connectivity index (χ0) is 13.1. The molecule has 2 rings (SSSR count). The highest BCUT2D eigenvalue weighted by molar-refractivity contribution is 5.95. The number of aromatic amines is 2. The minimum atomic E-state index is -0.386. The van der Waals surface area contributed by atoms with E-state index in [2.05, 4.69) is 20.3 Å². The van der Waals surface area contributed by atoms with Crippen LogP contribution in [0.25, 0.3) is 0 Å². The van der Waals surface area contributed by atoms with Crippen LogP contribution in [0.3, 0.4) is 0 Å². The predicted molar refractivity (Wildman–Crippen MR) is 66.3 cm³/mol. The van der Waals surface area contributed by atoms with Crippen LogP contribution in [-0.4, -0.2) is 20.9 Å². The van der Waals surface area contributed by atoms with Gasteiger partial charge in [-0.05, 0) is 25.5 Å². The molecule has 0 atom stereocenters. The molecule has 2 aromatic heterocycles. The molecule has 1 amide bonds. The third-order valence-electron chi connectivity index (χ3n) is 2.59. The molecule has 0 radical (unpaired) electrons. The molecule has 0 aliphatic carbocycles. The van der Waals surface area contributed by atoms with Crippen molar-refractivity contribution in [2.75, 3.05) is 0 Å². The van der Waals surface area contributed by atoms with Gasteiger partial charge in [-0.3, -0.25) is 9.59 Å². The Bertz CT molecular complexity index is 614. The van der Waals surface area contributed by atoms with Crippen LogP contribution in [0.15, 0.2) is 23.4 Å². The number of rotatable bonds is 3. The summed E-state index contributed by atoms with van der Waals surface area (Å²) < 4.78 is 0. The number of hydrogen-bond acceptors (Lipinski definition) is 3. The Morgan fingerprint density at radius 3 is 2.83 bits per heavy atom. The fourth-order valence-electron chi connectivity index (χ4n) is 1.78. The van der Waals surface area contributed by atoms with Gasteiger partial charge in [0, 0.05) is 11.9 Å². The van der Waals surface area contributed by atoms with Crippen molar-refractivity contribution in [1.82, 2.24) is 20.3 Å². The number of pyridine rings is 1. The molecule has 0 aliphatic rings. The number of amides is 1. The fraction of sp³-hybridized carbons (Fsp3) is 0.250. The molecule has 0 aromatic carbocycles. The molecule has 0 fully saturated rings.